The van der Waals surface area contributed by atoms with Crippen molar-refractivity contribution in [2.45, 2.75) is 19.6 Å². The van der Waals surface area contributed by atoms with Gasteiger partial charge in [-0.2, -0.15) is 0 Å². The van der Waals surface area contributed by atoms with Crippen molar-refractivity contribution in [3.05, 3.63) is 29.6 Å². The highest BCUT2D eigenvalue weighted by atomic mass is 19.1. The molecular weight excluding hydrogens is 209 g/mol. The molecule has 1 rings (SSSR count). The van der Waals surface area contributed by atoms with Gasteiger partial charge in [-0.3, -0.25) is 0 Å². The minimum Gasteiger partial charge on any atom is -0.487 e. The average Bonchev–Trinajstić information content (AvgIpc) is 2.28. The van der Waals surface area contributed by atoms with E-state index in [-0.39, 0.29) is 11.9 Å². The zero-order valence-electron chi connectivity index (χ0n) is 9.92. The average molecular weight is 227 g/mol. The van der Waals surface area contributed by atoms with Crippen LogP contribution in [0.25, 0.3) is 0 Å². The fourth-order valence-corrected chi connectivity index (χ4v) is 1.31. The van der Waals surface area contributed by atoms with Crippen molar-refractivity contribution in [3.8, 4) is 5.75 Å². The van der Waals surface area contributed by atoms with Crippen molar-refractivity contribution >= 4 is 0 Å². The van der Waals surface area contributed by atoms with E-state index in [0.717, 1.165) is 5.56 Å². The van der Waals surface area contributed by atoms with Crippen molar-refractivity contribution in [1.29, 1.82) is 0 Å². The van der Waals surface area contributed by atoms with Crippen LogP contribution in [0.2, 0.25) is 0 Å². The number of halogens is 1. The summed E-state index contributed by atoms with van der Waals surface area (Å²) in [4.78, 5) is 0. The molecule has 0 amide bonds. The van der Waals surface area contributed by atoms with Gasteiger partial charge in [0.05, 0.1) is 6.10 Å². The van der Waals surface area contributed by atoms with Crippen molar-refractivity contribution in [1.82, 2.24) is 5.32 Å². The first-order valence-electron chi connectivity index (χ1n) is 5.26. The summed E-state index contributed by atoms with van der Waals surface area (Å²) in [6.07, 6.45) is -0.0537. The van der Waals surface area contributed by atoms with Gasteiger partial charge in [0.25, 0.3) is 0 Å². The van der Waals surface area contributed by atoms with Gasteiger partial charge in [-0.1, -0.05) is 12.1 Å². The Labute approximate surface area is 95.6 Å². The molecule has 0 bridgehead atoms. The fraction of sp³-hybridized carbons (Fsp3) is 0.500. The number of hydrogen-bond donors (Lipinski definition) is 1. The van der Waals surface area contributed by atoms with E-state index in [1.54, 1.807) is 13.2 Å². The Morgan fingerprint density at radius 2 is 2.19 bits per heavy atom. The molecular formula is C12H18FNO2. The lowest BCUT2D eigenvalue weighted by atomic mass is 10.2. The van der Waals surface area contributed by atoms with E-state index in [0.29, 0.717) is 18.9 Å². The maximum atomic E-state index is 13.5. The molecule has 16 heavy (non-hydrogen) atoms. The van der Waals surface area contributed by atoms with Gasteiger partial charge in [-0.25, -0.2) is 4.39 Å². The summed E-state index contributed by atoms with van der Waals surface area (Å²) < 4.78 is 24.0. The molecule has 1 atom stereocenters. The monoisotopic (exact) mass is 227 g/mol. The first-order valence-corrected chi connectivity index (χ1v) is 5.26. The summed E-state index contributed by atoms with van der Waals surface area (Å²) in [7, 11) is 3.41. The first-order chi connectivity index (χ1) is 7.69. The molecule has 1 N–H and O–H groups in total. The van der Waals surface area contributed by atoms with Crippen LogP contribution in [0.4, 0.5) is 4.39 Å². The van der Waals surface area contributed by atoms with Crippen LogP contribution in [-0.2, 0) is 11.3 Å². The zero-order valence-corrected chi connectivity index (χ0v) is 9.92. The van der Waals surface area contributed by atoms with Crippen molar-refractivity contribution in [2.24, 2.45) is 0 Å². The molecule has 1 aromatic rings. The highest BCUT2D eigenvalue weighted by molar-refractivity contribution is 5.34. The molecule has 0 saturated heterocycles. The second-order valence-electron chi connectivity index (χ2n) is 3.62. The summed E-state index contributed by atoms with van der Waals surface area (Å²) in [5.74, 6) is -0.0307. The molecule has 0 saturated carbocycles. The van der Waals surface area contributed by atoms with E-state index in [4.69, 9.17) is 9.47 Å². The maximum Gasteiger partial charge on any atom is 0.165 e. The van der Waals surface area contributed by atoms with E-state index in [1.807, 2.05) is 20.0 Å². The number of ether oxygens (including phenoxy) is 2. The SMILES string of the molecule is CNCc1cccc(F)c1OCC(C)OC. The van der Waals surface area contributed by atoms with Crippen molar-refractivity contribution < 1.29 is 13.9 Å². The Balaban J connectivity index is 2.75. The molecule has 1 unspecified atom stereocenters. The Morgan fingerprint density at radius 1 is 1.44 bits per heavy atom. The quantitative estimate of drug-likeness (QED) is 0.805. The second kappa shape index (κ2) is 6.45. The number of nitrogens with one attached hydrogen (secondary N) is 1. The van der Waals surface area contributed by atoms with Crippen LogP contribution in [0.3, 0.4) is 0 Å². The lowest BCUT2D eigenvalue weighted by molar-refractivity contribution is 0.0697. The van der Waals surface area contributed by atoms with Gasteiger partial charge in [0.2, 0.25) is 0 Å². The van der Waals surface area contributed by atoms with Gasteiger partial charge in [0.15, 0.2) is 11.6 Å². The van der Waals surface area contributed by atoms with Crippen LogP contribution in [0.15, 0.2) is 18.2 Å². The van der Waals surface area contributed by atoms with Gasteiger partial charge in [-0.15, -0.1) is 0 Å². The minimum absolute atomic E-state index is 0.0537. The van der Waals surface area contributed by atoms with Crippen LogP contribution < -0.4 is 10.1 Å². The summed E-state index contributed by atoms with van der Waals surface area (Å²) in [6.45, 7) is 2.79. The largest absolute Gasteiger partial charge is 0.487 e. The van der Waals surface area contributed by atoms with Crippen molar-refractivity contribution in [3.63, 3.8) is 0 Å². The topological polar surface area (TPSA) is 30.5 Å². The summed E-state index contributed by atoms with van der Waals surface area (Å²) in [5.41, 5.74) is 0.811. The number of rotatable bonds is 6. The van der Waals surface area contributed by atoms with Crippen LogP contribution in [-0.4, -0.2) is 26.9 Å². The zero-order chi connectivity index (χ0) is 12.0. The number of benzene rings is 1. The van der Waals surface area contributed by atoms with E-state index >= 15 is 0 Å². The van der Waals surface area contributed by atoms with Crippen LogP contribution in [0.5, 0.6) is 5.75 Å². The van der Waals surface area contributed by atoms with Gasteiger partial charge in [0.1, 0.15) is 6.61 Å². The van der Waals surface area contributed by atoms with E-state index in [9.17, 15) is 4.39 Å². The second-order valence-corrected chi connectivity index (χ2v) is 3.62. The van der Waals surface area contributed by atoms with E-state index < -0.39 is 0 Å². The third kappa shape index (κ3) is 3.47. The Morgan fingerprint density at radius 3 is 2.81 bits per heavy atom. The summed E-state index contributed by atoms with van der Waals surface area (Å²) in [5, 5.41) is 2.98. The van der Waals surface area contributed by atoms with Gasteiger partial charge >= 0.3 is 0 Å². The number of methoxy groups -OCH3 is 1. The molecule has 0 heterocycles. The highest BCUT2D eigenvalue weighted by Gasteiger charge is 2.10. The predicted molar refractivity (Wildman–Crippen MR) is 61.1 cm³/mol. The molecule has 0 aliphatic carbocycles. The van der Waals surface area contributed by atoms with Crippen LogP contribution >= 0.6 is 0 Å². The molecule has 0 spiro atoms. The molecule has 0 aliphatic heterocycles. The van der Waals surface area contributed by atoms with E-state index in [1.165, 1.54) is 6.07 Å². The Bertz CT molecular complexity index is 331. The van der Waals surface area contributed by atoms with E-state index in [2.05, 4.69) is 5.32 Å². The number of hydrogen-bond acceptors (Lipinski definition) is 3. The first kappa shape index (κ1) is 12.9. The van der Waals surface area contributed by atoms with Gasteiger partial charge < -0.3 is 14.8 Å². The normalized spacial score (nSPS) is 12.5. The Kier molecular flexibility index (Phi) is 5.22. The fourth-order valence-electron chi connectivity index (χ4n) is 1.31. The van der Waals surface area contributed by atoms with Crippen LogP contribution in [0.1, 0.15) is 12.5 Å². The van der Waals surface area contributed by atoms with Gasteiger partial charge in [-0.05, 0) is 20.0 Å². The minimum atomic E-state index is -0.337. The Hall–Kier alpha value is -1.13. The van der Waals surface area contributed by atoms with Crippen molar-refractivity contribution in [2.75, 3.05) is 20.8 Å². The summed E-state index contributed by atoms with van der Waals surface area (Å²) >= 11 is 0. The molecule has 0 aromatic heterocycles. The lowest BCUT2D eigenvalue weighted by Gasteiger charge is -2.15. The maximum absolute atomic E-state index is 13.5. The van der Waals surface area contributed by atoms with Gasteiger partial charge in [0, 0.05) is 19.2 Å². The lowest BCUT2D eigenvalue weighted by Crippen LogP contribution is -2.18. The molecule has 1 aromatic carbocycles. The predicted octanol–water partition coefficient (Wildman–Crippen LogP) is 1.96. The molecule has 0 radical (unpaired) electrons. The highest BCUT2D eigenvalue weighted by Crippen LogP contribution is 2.22. The van der Waals surface area contributed by atoms with Crippen LogP contribution in [0, 0.1) is 5.82 Å². The number of para-hydroxylation sites is 1. The molecule has 90 valence electrons. The molecule has 4 heteroatoms. The molecule has 0 fully saturated rings. The third-order valence-corrected chi connectivity index (χ3v) is 2.28. The molecule has 3 nitrogen and oxygen atoms in total. The standard InChI is InChI=1S/C12H18FNO2/c1-9(15-3)8-16-12-10(7-14-2)5-4-6-11(12)13/h4-6,9,14H,7-8H2,1-3H3. The summed E-state index contributed by atoms with van der Waals surface area (Å²) in [6, 6.07) is 4.91. The third-order valence-electron chi connectivity index (χ3n) is 2.28. The smallest absolute Gasteiger partial charge is 0.165 e. The molecule has 0 aliphatic rings.